The van der Waals surface area contributed by atoms with E-state index in [1.165, 1.54) is 6.34 Å². The highest BCUT2D eigenvalue weighted by atomic mass is 16.1. The molecular formula is C4H4N2O. The minimum Gasteiger partial charge on any atom is -0.296 e. The SMILES string of the molecule is O=CC1=NC=NC1. The van der Waals surface area contributed by atoms with Gasteiger partial charge in [0.2, 0.25) is 0 Å². The molecule has 0 aliphatic carbocycles. The van der Waals surface area contributed by atoms with Gasteiger partial charge < -0.3 is 0 Å². The van der Waals surface area contributed by atoms with Crippen molar-refractivity contribution in [1.82, 2.24) is 0 Å². The number of hydrogen-bond donors (Lipinski definition) is 0. The predicted molar refractivity (Wildman–Crippen MR) is 26.9 cm³/mol. The zero-order valence-corrected chi connectivity index (χ0v) is 3.66. The third-order valence-electron chi connectivity index (χ3n) is 0.695. The molecule has 3 heteroatoms. The summed E-state index contributed by atoms with van der Waals surface area (Å²) in [6.07, 6.45) is 2.11. The van der Waals surface area contributed by atoms with E-state index >= 15 is 0 Å². The normalized spacial score (nSPS) is 16.9. The topological polar surface area (TPSA) is 41.8 Å². The molecule has 0 amide bonds. The Labute approximate surface area is 40.8 Å². The summed E-state index contributed by atoms with van der Waals surface area (Å²) in [7, 11) is 0. The number of rotatable bonds is 1. The standard InChI is InChI=1S/C4H4N2O/c7-2-4-1-5-3-6-4/h2-3H,1H2. The zero-order chi connectivity index (χ0) is 5.11. The minimum atomic E-state index is 0.462. The lowest BCUT2D eigenvalue weighted by molar-refractivity contribution is -0.102. The maximum absolute atomic E-state index is 9.80. The van der Waals surface area contributed by atoms with Crippen LogP contribution in [0.4, 0.5) is 0 Å². The van der Waals surface area contributed by atoms with E-state index in [0.29, 0.717) is 18.5 Å². The van der Waals surface area contributed by atoms with E-state index in [1.807, 2.05) is 0 Å². The first-order chi connectivity index (χ1) is 3.43. The van der Waals surface area contributed by atoms with Crippen molar-refractivity contribution in [3.05, 3.63) is 0 Å². The molecule has 36 valence electrons. The van der Waals surface area contributed by atoms with Crippen molar-refractivity contribution in [1.29, 1.82) is 0 Å². The maximum Gasteiger partial charge on any atom is 0.166 e. The van der Waals surface area contributed by atoms with Crippen molar-refractivity contribution in [2.45, 2.75) is 0 Å². The highest BCUT2D eigenvalue weighted by molar-refractivity contribution is 6.32. The second kappa shape index (κ2) is 1.64. The number of hydrogen-bond acceptors (Lipinski definition) is 3. The van der Waals surface area contributed by atoms with Crippen LogP contribution in [0.15, 0.2) is 9.98 Å². The fourth-order valence-electron chi connectivity index (χ4n) is 0.358. The Morgan fingerprint density at radius 3 is 3.00 bits per heavy atom. The average Bonchev–Trinajstić information content (AvgIpc) is 2.14. The highest BCUT2D eigenvalue weighted by Gasteiger charge is 1.96. The van der Waals surface area contributed by atoms with Crippen LogP contribution >= 0.6 is 0 Å². The Morgan fingerprint density at radius 2 is 2.71 bits per heavy atom. The molecule has 0 aromatic rings. The number of nitrogens with zero attached hydrogens (tertiary/aromatic N) is 2. The van der Waals surface area contributed by atoms with Crippen LogP contribution in [-0.2, 0) is 4.79 Å². The highest BCUT2D eigenvalue weighted by Crippen LogP contribution is 1.82. The van der Waals surface area contributed by atoms with Crippen molar-refractivity contribution >= 4 is 18.3 Å². The number of aldehydes is 1. The van der Waals surface area contributed by atoms with Crippen LogP contribution in [0, 0.1) is 0 Å². The van der Waals surface area contributed by atoms with Crippen LogP contribution in [0.5, 0.6) is 0 Å². The molecule has 0 radical (unpaired) electrons. The second-order valence-electron chi connectivity index (χ2n) is 1.19. The molecule has 1 rings (SSSR count). The van der Waals surface area contributed by atoms with Crippen LogP contribution < -0.4 is 0 Å². The fraction of sp³-hybridized carbons (Fsp3) is 0.250. The number of carbonyl (C=O) groups is 1. The number of carbonyl (C=O) groups excluding carboxylic acids is 1. The van der Waals surface area contributed by atoms with Crippen LogP contribution in [0.3, 0.4) is 0 Å². The Hall–Kier alpha value is -0.990. The summed E-state index contributed by atoms with van der Waals surface area (Å²) >= 11 is 0. The van der Waals surface area contributed by atoms with Gasteiger partial charge in [0.25, 0.3) is 0 Å². The molecule has 0 unspecified atom stereocenters. The van der Waals surface area contributed by atoms with Gasteiger partial charge in [-0.1, -0.05) is 0 Å². The third-order valence-corrected chi connectivity index (χ3v) is 0.695. The molecule has 7 heavy (non-hydrogen) atoms. The summed E-state index contributed by atoms with van der Waals surface area (Å²) in [5, 5.41) is 0. The molecule has 0 spiro atoms. The van der Waals surface area contributed by atoms with Gasteiger partial charge in [0.1, 0.15) is 12.1 Å². The molecule has 0 aromatic carbocycles. The van der Waals surface area contributed by atoms with Crippen LogP contribution in [0.25, 0.3) is 0 Å². The van der Waals surface area contributed by atoms with Gasteiger partial charge in [-0.05, 0) is 0 Å². The van der Waals surface area contributed by atoms with Crippen molar-refractivity contribution in [2.24, 2.45) is 9.98 Å². The molecule has 1 aliphatic heterocycles. The smallest absolute Gasteiger partial charge is 0.166 e. The molecule has 0 fully saturated rings. The first-order valence-electron chi connectivity index (χ1n) is 1.93. The first-order valence-corrected chi connectivity index (χ1v) is 1.93. The van der Waals surface area contributed by atoms with Gasteiger partial charge >= 0.3 is 0 Å². The Kier molecular flexibility index (Phi) is 0.978. The largest absolute Gasteiger partial charge is 0.296 e. The lowest BCUT2D eigenvalue weighted by Crippen LogP contribution is -1.98. The second-order valence-corrected chi connectivity index (χ2v) is 1.19. The van der Waals surface area contributed by atoms with E-state index in [2.05, 4.69) is 9.98 Å². The minimum absolute atomic E-state index is 0.462. The maximum atomic E-state index is 9.80. The van der Waals surface area contributed by atoms with E-state index in [4.69, 9.17) is 0 Å². The molecule has 0 bridgehead atoms. The summed E-state index contributed by atoms with van der Waals surface area (Å²) in [6, 6.07) is 0. The molecule has 0 saturated carbocycles. The lowest BCUT2D eigenvalue weighted by Gasteiger charge is -1.74. The predicted octanol–water partition coefficient (Wildman–Crippen LogP) is -0.332. The van der Waals surface area contributed by atoms with Gasteiger partial charge in [-0.25, -0.2) is 4.99 Å². The summed E-state index contributed by atoms with van der Waals surface area (Å²) in [5.74, 6) is 0. The van der Waals surface area contributed by atoms with Gasteiger partial charge in [0.05, 0.1) is 6.54 Å². The summed E-state index contributed by atoms with van der Waals surface area (Å²) in [4.78, 5) is 17.1. The van der Waals surface area contributed by atoms with Crippen molar-refractivity contribution in [2.75, 3.05) is 6.54 Å². The summed E-state index contributed by atoms with van der Waals surface area (Å²) in [5.41, 5.74) is 0.514. The van der Waals surface area contributed by atoms with Gasteiger partial charge in [-0.2, -0.15) is 0 Å². The molecule has 0 N–H and O–H groups in total. The van der Waals surface area contributed by atoms with E-state index in [0.717, 1.165) is 0 Å². The first kappa shape index (κ1) is 4.18. The number of aliphatic imine (C=N–C) groups is 2. The third kappa shape index (κ3) is 0.707. The summed E-state index contributed by atoms with van der Waals surface area (Å²) < 4.78 is 0. The molecule has 0 atom stereocenters. The Bertz CT molecular complexity index is 137. The van der Waals surface area contributed by atoms with Crippen molar-refractivity contribution in [3.63, 3.8) is 0 Å². The molecule has 3 nitrogen and oxygen atoms in total. The quantitative estimate of drug-likeness (QED) is 0.412. The van der Waals surface area contributed by atoms with E-state index in [-0.39, 0.29) is 0 Å². The van der Waals surface area contributed by atoms with E-state index in [9.17, 15) is 4.79 Å². The lowest BCUT2D eigenvalue weighted by atomic mass is 10.4. The molecule has 0 aromatic heterocycles. The van der Waals surface area contributed by atoms with Crippen LogP contribution in [0.2, 0.25) is 0 Å². The molecule has 1 aliphatic rings. The fourth-order valence-corrected chi connectivity index (χ4v) is 0.358. The summed E-state index contributed by atoms with van der Waals surface area (Å²) in [6.45, 7) is 0.462. The zero-order valence-electron chi connectivity index (χ0n) is 3.66. The van der Waals surface area contributed by atoms with Crippen LogP contribution in [0.1, 0.15) is 0 Å². The Balaban J connectivity index is 2.61. The Morgan fingerprint density at radius 1 is 1.86 bits per heavy atom. The average molecular weight is 96.1 g/mol. The van der Waals surface area contributed by atoms with Crippen molar-refractivity contribution in [3.8, 4) is 0 Å². The molecular weight excluding hydrogens is 92.1 g/mol. The van der Waals surface area contributed by atoms with E-state index < -0.39 is 0 Å². The van der Waals surface area contributed by atoms with Gasteiger partial charge in [-0.15, -0.1) is 0 Å². The van der Waals surface area contributed by atoms with Gasteiger partial charge in [0.15, 0.2) is 6.29 Å². The molecule has 0 saturated heterocycles. The van der Waals surface area contributed by atoms with Gasteiger partial charge in [-0.3, -0.25) is 9.79 Å². The monoisotopic (exact) mass is 96.0 g/mol. The van der Waals surface area contributed by atoms with Crippen LogP contribution in [-0.4, -0.2) is 24.9 Å². The van der Waals surface area contributed by atoms with E-state index in [1.54, 1.807) is 0 Å². The molecule has 1 heterocycles. The van der Waals surface area contributed by atoms with Crippen molar-refractivity contribution < 1.29 is 4.79 Å². The van der Waals surface area contributed by atoms with Gasteiger partial charge in [0, 0.05) is 0 Å².